The van der Waals surface area contributed by atoms with Crippen LogP contribution >= 0.6 is 0 Å². The topological polar surface area (TPSA) is 96.2 Å². The van der Waals surface area contributed by atoms with Gasteiger partial charge in [0.1, 0.15) is 0 Å². The highest BCUT2D eigenvalue weighted by Gasteiger charge is 2.17. The predicted molar refractivity (Wildman–Crippen MR) is 56.2 cm³/mol. The zero-order valence-electron chi connectivity index (χ0n) is 8.71. The second-order valence-electron chi connectivity index (χ2n) is 3.70. The number of nitrogens with two attached hydrogens (primary N) is 1. The van der Waals surface area contributed by atoms with Gasteiger partial charge < -0.3 is 21.7 Å². The average molecular weight is 214 g/mol. The summed E-state index contributed by atoms with van der Waals surface area (Å²) in [7, 11) is 0. The van der Waals surface area contributed by atoms with E-state index in [0.29, 0.717) is 25.4 Å². The zero-order chi connectivity index (χ0) is 11.1. The second kappa shape index (κ2) is 6.23. The molecule has 1 saturated heterocycles. The summed E-state index contributed by atoms with van der Waals surface area (Å²) in [6.07, 6.45) is 1.62. The highest BCUT2D eigenvalue weighted by molar-refractivity contribution is 5.76. The van der Waals surface area contributed by atoms with Gasteiger partial charge in [-0.25, -0.2) is 4.79 Å². The monoisotopic (exact) mass is 214 g/mol. The van der Waals surface area contributed by atoms with Crippen LogP contribution in [0.25, 0.3) is 0 Å². The summed E-state index contributed by atoms with van der Waals surface area (Å²) in [6, 6.07) is -0.566. The van der Waals surface area contributed by atoms with Crippen molar-refractivity contribution in [3.05, 3.63) is 0 Å². The maximum atomic E-state index is 11.4. The Balaban J connectivity index is 2.00. The first-order valence-electron chi connectivity index (χ1n) is 5.19. The molecule has 1 rings (SSSR count). The van der Waals surface area contributed by atoms with Crippen LogP contribution in [-0.2, 0) is 4.79 Å². The highest BCUT2D eigenvalue weighted by atomic mass is 16.2. The van der Waals surface area contributed by atoms with Gasteiger partial charge in [0.2, 0.25) is 5.91 Å². The lowest BCUT2D eigenvalue weighted by atomic mass is 10.0. The summed E-state index contributed by atoms with van der Waals surface area (Å²) < 4.78 is 0. The van der Waals surface area contributed by atoms with Gasteiger partial charge in [-0.15, -0.1) is 0 Å². The maximum Gasteiger partial charge on any atom is 0.312 e. The molecule has 3 amide bonds. The van der Waals surface area contributed by atoms with Crippen LogP contribution in [0.2, 0.25) is 0 Å². The van der Waals surface area contributed by atoms with E-state index in [1.54, 1.807) is 0 Å². The van der Waals surface area contributed by atoms with Gasteiger partial charge in [-0.3, -0.25) is 4.79 Å². The number of nitrogens with one attached hydrogen (secondary N) is 3. The normalized spacial score (nSPS) is 19.9. The van der Waals surface area contributed by atoms with Gasteiger partial charge in [0.15, 0.2) is 0 Å². The van der Waals surface area contributed by atoms with Gasteiger partial charge in [0, 0.05) is 19.5 Å². The number of primary amides is 1. The Morgan fingerprint density at radius 1 is 1.33 bits per heavy atom. The van der Waals surface area contributed by atoms with Crippen LogP contribution in [0, 0.1) is 5.92 Å². The third kappa shape index (κ3) is 5.21. The van der Waals surface area contributed by atoms with Gasteiger partial charge in [-0.2, -0.15) is 0 Å². The first kappa shape index (κ1) is 11.8. The Kier molecular flexibility index (Phi) is 4.89. The van der Waals surface area contributed by atoms with E-state index >= 15 is 0 Å². The van der Waals surface area contributed by atoms with Crippen molar-refractivity contribution in [1.82, 2.24) is 16.0 Å². The molecule has 1 fully saturated rings. The van der Waals surface area contributed by atoms with Crippen LogP contribution < -0.4 is 21.7 Å². The summed E-state index contributed by atoms with van der Waals surface area (Å²) in [5.41, 5.74) is 4.87. The van der Waals surface area contributed by atoms with Crippen molar-refractivity contribution in [2.45, 2.75) is 12.8 Å². The van der Waals surface area contributed by atoms with Crippen molar-refractivity contribution in [3.8, 4) is 0 Å². The molecule has 1 aliphatic rings. The minimum Gasteiger partial charge on any atom is -0.354 e. The Labute approximate surface area is 89.0 Å². The Bertz CT molecular complexity index is 226. The molecule has 1 aliphatic heterocycles. The number of urea groups is 1. The van der Waals surface area contributed by atoms with E-state index in [2.05, 4.69) is 16.0 Å². The van der Waals surface area contributed by atoms with Crippen molar-refractivity contribution in [2.24, 2.45) is 11.7 Å². The molecule has 1 unspecified atom stereocenters. The molecule has 0 aromatic rings. The molecule has 0 radical (unpaired) electrons. The van der Waals surface area contributed by atoms with Gasteiger partial charge in [0.25, 0.3) is 0 Å². The Morgan fingerprint density at radius 3 is 2.67 bits per heavy atom. The third-order valence-corrected chi connectivity index (χ3v) is 2.38. The lowest BCUT2D eigenvalue weighted by Crippen LogP contribution is -2.37. The summed E-state index contributed by atoms with van der Waals surface area (Å²) in [5, 5.41) is 8.34. The molecule has 0 saturated carbocycles. The summed E-state index contributed by atoms with van der Waals surface area (Å²) in [4.78, 5) is 21.7. The van der Waals surface area contributed by atoms with Crippen LogP contribution in [0.3, 0.4) is 0 Å². The zero-order valence-corrected chi connectivity index (χ0v) is 8.71. The molecule has 5 N–H and O–H groups in total. The molecular formula is C9H18N4O2. The van der Waals surface area contributed by atoms with Crippen molar-refractivity contribution in [2.75, 3.05) is 26.2 Å². The van der Waals surface area contributed by atoms with Crippen LogP contribution in [-0.4, -0.2) is 38.1 Å². The first-order chi connectivity index (χ1) is 7.18. The first-order valence-corrected chi connectivity index (χ1v) is 5.19. The number of carbonyl (C=O) groups excluding carboxylic acids is 2. The minimum atomic E-state index is -0.566. The van der Waals surface area contributed by atoms with Crippen molar-refractivity contribution in [3.63, 3.8) is 0 Å². The van der Waals surface area contributed by atoms with E-state index in [4.69, 9.17) is 5.73 Å². The highest BCUT2D eigenvalue weighted by Crippen LogP contribution is 2.11. The fraction of sp³-hybridized carbons (Fsp3) is 0.778. The molecule has 0 aromatic carbocycles. The Hall–Kier alpha value is -1.30. The molecule has 86 valence electrons. The summed E-state index contributed by atoms with van der Waals surface area (Å²) in [6.45, 7) is 2.74. The third-order valence-electron chi connectivity index (χ3n) is 2.38. The molecular weight excluding hydrogens is 196 g/mol. The van der Waals surface area contributed by atoms with Crippen LogP contribution in [0.15, 0.2) is 0 Å². The van der Waals surface area contributed by atoms with Gasteiger partial charge >= 0.3 is 6.03 Å². The molecule has 0 spiro atoms. The fourth-order valence-electron chi connectivity index (χ4n) is 1.61. The molecule has 1 atom stereocenters. The lowest BCUT2D eigenvalue weighted by Gasteiger charge is -2.08. The summed E-state index contributed by atoms with van der Waals surface area (Å²) in [5.74, 6) is 0.490. The molecule has 1 heterocycles. The number of hydrogen-bond donors (Lipinski definition) is 4. The maximum absolute atomic E-state index is 11.4. The minimum absolute atomic E-state index is 0.0370. The number of carbonyl (C=O) groups is 2. The van der Waals surface area contributed by atoms with Gasteiger partial charge in [-0.05, 0) is 25.4 Å². The standard InChI is InChI=1S/C9H18N4O2/c10-9(15)13-4-3-12-8(14)5-7-1-2-11-6-7/h7,11H,1-6H2,(H,12,14)(H3,10,13,15). The quantitative estimate of drug-likeness (QED) is 0.431. The van der Waals surface area contributed by atoms with E-state index in [1.807, 2.05) is 0 Å². The average Bonchev–Trinajstić information content (AvgIpc) is 2.64. The number of amides is 3. The van der Waals surface area contributed by atoms with Gasteiger partial charge in [-0.1, -0.05) is 0 Å². The van der Waals surface area contributed by atoms with E-state index in [9.17, 15) is 9.59 Å². The second-order valence-corrected chi connectivity index (χ2v) is 3.70. The van der Waals surface area contributed by atoms with Crippen LogP contribution in [0.1, 0.15) is 12.8 Å². The molecule has 6 nitrogen and oxygen atoms in total. The lowest BCUT2D eigenvalue weighted by molar-refractivity contribution is -0.121. The molecule has 6 heteroatoms. The predicted octanol–water partition coefficient (Wildman–Crippen LogP) is -1.23. The number of hydrogen-bond acceptors (Lipinski definition) is 3. The largest absolute Gasteiger partial charge is 0.354 e. The van der Waals surface area contributed by atoms with E-state index in [0.717, 1.165) is 19.5 Å². The van der Waals surface area contributed by atoms with Crippen molar-refractivity contribution >= 4 is 11.9 Å². The van der Waals surface area contributed by atoms with Crippen LogP contribution in [0.4, 0.5) is 4.79 Å². The fourth-order valence-corrected chi connectivity index (χ4v) is 1.61. The number of rotatable bonds is 5. The van der Waals surface area contributed by atoms with Crippen molar-refractivity contribution in [1.29, 1.82) is 0 Å². The van der Waals surface area contributed by atoms with E-state index in [-0.39, 0.29) is 5.91 Å². The Morgan fingerprint density at radius 2 is 2.07 bits per heavy atom. The van der Waals surface area contributed by atoms with Gasteiger partial charge in [0.05, 0.1) is 0 Å². The molecule has 0 bridgehead atoms. The van der Waals surface area contributed by atoms with E-state index in [1.165, 1.54) is 0 Å². The summed E-state index contributed by atoms with van der Waals surface area (Å²) >= 11 is 0. The molecule has 0 aliphatic carbocycles. The van der Waals surface area contributed by atoms with E-state index < -0.39 is 6.03 Å². The molecule has 0 aromatic heterocycles. The van der Waals surface area contributed by atoms with Crippen molar-refractivity contribution < 1.29 is 9.59 Å². The van der Waals surface area contributed by atoms with Crippen LogP contribution in [0.5, 0.6) is 0 Å². The smallest absolute Gasteiger partial charge is 0.312 e. The SMILES string of the molecule is NC(=O)NCCNC(=O)CC1CCNC1. The molecule has 15 heavy (non-hydrogen) atoms.